The first-order chi connectivity index (χ1) is 12.0. The van der Waals surface area contributed by atoms with Gasteiger partial charge in [-0.05, 0) is 30.3 Å². The minimum Gasteiger partial charge on any atom is -0.490 e. The molecule has 0 radical (unpaired) electrons. The van der Waals surface area contributed by atoms with Gasteiger partial charge >= 0.3 is 0 Å². The quantitative estimate of drug-likeness (QED) is 0.568. The van der Waals surface area contributed by atoms with E-state index in [0.29, 0.717) is 21.8 Å². The van der Waals surface area contributed by atoms with Crippen LogP contribution < -0.4 is 4.74 Å². The van der Waals surface area contributed by atoms with Crippen molar-refractivity contribution in [3.8, 4) is 11.8 Å². The van der Waals surface area contributed by atoms with Crippen LogP contribution in [0.1, 0.15) is 17.7 Å². The molecule has 0 fully saturated rings. The topological polar surface area (TPSA) is 50.8 Å². The summed E-state index contributed by atoms with van der Waals surface area (Å²) in [6, 6.07) is 9.60. The molecule has 128 valence electrons. The van der Waals surface area contributed by atoms with Crippen LogP contribution in [0.5, 0.6) is 5.75 Å². The van der Waals surface area contributed by atoms with Crippen LogP contribution in [0.15, 0.2) is 36.5 Å². The van der Waals surface area contributed by atoms with E-state index in [1.165, 1.54) is 22.9 Å². The van der Waals surface area contributed by atoms with Gasteiger partial charge < -0.3 is 9.30 Å². The highest BCUT2D eigenvalue weighted by atomic mass is 35.5. The zero-order valence-electron chi connectivity index (χ0n) is 12.7. The normalized spacial score (nSPS) is 11.0. The van der Waals surface area contributed by atoms with Crippen LogP contribution in [0, 0.1) is 11.3 Å². The highest BCUT2D eigenvalue weighted by molar-refractivity contribution is 6.36. The second kappa shape index (κ2) is 7.26. The Morgan fingerprint density at radius 3 is 2.68 bits per heavy atom. The number of nitrogens with zero attached hydrogens (tertiary/aromatic N) is 3. The van der Waals surface area contributed by atoms with Crippen molar-refractivity contribution in [1.82, 2.24) is 9.55 Å². The number of hydrogen-bond acceptors (Lipinski definition) is 3. The summed E-state index contributed by atoms with van der Waals surface area (Å²) in [5, 5.41) is 9.96. The van der Waals surface area contributed by atoms with Crippen LogP contribution in [0.2, 0.25) is 10.2 Å². The Morgan fingerprint density at radius 2 is 2.04 bits per heavy atom. The molecule has 0 atom stereocenters. The molecule has 0 saturated carbocycles. The minimum absolute atomic E-state index is 0.157. The second-order valence-corrected chi connectivity index (χ2v) is 5.92. The van der Waals surface area contributed by atoms with Crippen LogP contribution in [-0.2, 0) is 6.54 Å². The SMILES string of the molecule is N#Cc1ccc2c(cc(C(F)F)n2CCOc2ccc(Cl)nc2)c1Cl. The Hall–Kier alpha value is -2.36. The third-order valence-corrected chi connectivity index (χ3v) is 4.31. The predicted molar refractivity (Wildman–Crippen MR) is 91.4 cm³/mol. The van der Waals surface area contributed by atoms with Gasteiger partial charge in [-0.25, -0.2) is 13.8 Å². The van der Waals surface area contributed by atoms with Gasteiger partial charge in [-0.1, -0.05) is 23.2 Å². The number of halogens is 4. The van der Waals surface area contributed by atoms with Crippen LogP contribution in [0.3, 0.4) is 0 Å². The Balaban J connectivity index is 1.89. The summed E-state index contributed by atoms with van der Waals surface area (Å²) >= 11 is 11.8. The fourth-order valence-corrected chi connectivity index (χ4v) is 2.91. The van der Waals surface area contributed by atoms with Crippen molar-refractivity contribution in [3.05, 3.63) is 58.0 Å². The molecule has 0 aliphatic carbocycles. The molecule has 0 amide bonds. The molecular formula is C17H11Cl2F2N3O. The molecular weight excluding hydrogens is 371 g/mol. The number of fused-ring (bicyclic) bond motifs is 1. The summed E-state index contributed by atoms with van der Waals surface area (Å²) in [5.41, 5.74) is 0.595. The monoisotopic (exact) mass is 381 g/mol. The molecule has 3 aromatic rings. The molecule has 0 bridgehead atoms. The van der Waals surface area contributed by atoms with Crippen molar-refractivity contribution in [2.24, 2.45) is 0 Å². The lowest BCUT2D eigenvalue weighted by atomic mass is 10.1. The van der Waals surface area contributed by atoms with Gasteiger partial charge in [-0.2, -0.15) is 5.26 Å². The van der Waals surface area contributed by atoms with E-state index in [-0.39, 0.29) is 29.4 Å². The van der Waals surface area contributed by atoms with E-state index in [2.05, 4.69) is 4.98 Å². The van der Waals surface area contributed by atoms with Crippen molar-refractivity contribution in [2.45, 2.75) is 13.0 Å². The van der Waals surface area contributed by atoms with E-state index >= 15 is 0 Å². The van der Waals surface area contributed by atoms with E-state index in [1.807, 2.05) is 6.07 Å². The van der Waals surface area contributed by atoms with Gasteiger partial charge in [0.2, 0.25) is 0 Å². The number of pyridine rings is 1. The van der Waals surface area contributed by atoms with E-state index in [9.17, 15) is 8.78 Å². The van der Waals surface area contributed by atoms with Crippen LogP contribution >= 0.6 is 23.2 Å². The van der Waals surface area contributed by atoms with Gasteiger partial charge in [0.05, 0.1) is 34.5 Å². The Morgan fingerprint density at radius 1 is 1.24 bits per heavy atom. The van der Waals surface area contributed by atoms with Gasteiger partial charge in [0.25, 0.3) is 6.43 Å². The molecule has 2 heterocycles. The summed E-state index contributed by atoms with van der Waals surface area (Å²) in [6.07, 6.45) is -1.22. The van der Waals surface area contributed by atoms with E-state index in [1.54, 1.807) is 18.2 Å². The number of rotatable bonds is 5. The van der Waals surface area contributed by atoms with Gasteiger partial charge in [0, 0.05) is 5.39 Å². The summed E-state index contributed by atoms with van der Waals surface area (Å²) in [4.78, 5) is 3.89. The molecule has 3 rings (SSSR count). The zero-order chi connectivity index (χ0) is 18.0. The van der Waals surface area contributed by atoms with Crippen molar-refractivity contribution >= 4 is 34.1 Å². The van der Waals surface area contributed by atoms with Crippen molar-refractivity contribution in [2.75, 3.05) is 6.61 Å². The van der Waals surface area contributed by atoms with E-state index in [0.717, 1.165) is 0 Å². The average molecular weight is 382 g/mol. The van der Waals surface area contributed by atoms with Gasteiger partial charge in [-0.3, -0.25) is 0 Å². The third-order valence-electron chi connectivity index (χ3n) is 3.68. The maximum Gasteiger partial charge on any atom is 0.278 e. The first-order valence-corrected chi connectivity index (χ1v) is 8.01. The van der Waals surface area contributed by atoms with Gasteiger partial charge in [0.15, 0.2) is 0 Å². The molecule has 0 aliphatic rings. The summed E-state index contributed by atoms with van der Waals surface area (Å²) in [5.74, 6) is 0.490. The largest absolute Gasteiger partial charge is 0.490 e. The molecule has 2 aromatic heterocycles. The van der Waals surface area contributed by atoms with E-state index < -0.39 is 6.43 Å². The average Bonchev–Trinajstić information content (AvgIpc) is 2.97. The number of benzene rings is 1. The molecule has 0 aliphatic heterocycles. The standard InChI is InChI=1S/C17H11Cl2F2N3O/c18-15-4-2-11(9-23-15)25-6-5-24-13-3-1-10(8-22)16(19)12(13)7-14(24)17(20)21/h1-4,7,9,17H,5-6H2. The molecule has 0 unspecified atom stereocenters. The number of alkyl halides is 2. The maximum atomic E-state index is 13.4. The molecule has 0 spiro atoms. The van der Waals surface area contributed by atoms with Crippen molar-refractivity contribution in [3.63, 3.8) is 0 Å². The lowest BCUT2D eigenvalue weighted by molar-refractivity contribution is 0.140. The first-order valence-electron chi connectivity index (χ1n) is 7.25. The highest BCUT2D eigenvalue weighted by Crippen LogP contribution is 2.33. The van der Waals surface area contributed by atoms with E-state index in [4.69, 9.17) is 33.2 Å². The van der Waals surface area contributed by atoms with Crippen LogP contribution in [-0.4, -0.2) is 16.2 Å². The summed E-state index contributed by atoms with van der Waals surface area (Å²) in [6.45, 7) is 0.346. The number of hydrogen-bond donors (Lipinski definition) is 0. The lowest BCUT2D eigenvalue weighted by Gasteiger charge is -2.11. The molecule has 8 heteroatoms. The summed E-state index contributed by atoms with van der Waals surface area (Å²) < 4.78 is 33.7. The number of ether oxygens (including phenoxy) is 1. The minimum atomic E-state index is -2.67. The Labute approximate surface area is 152 Å². The summed E-state index contributed by atoms with van der Waals surface area (Å²) in [7, 11) is 0. The van der Waals surface area contributed by atoms with Crippen LogP contribution in [0.4, 0.5) is 8.78 Å². The Bertz CT molecular complexity index is 949. The molecule has 25 heavy (non-hydrogen) atoms. The fraction of sp³-hybridized carbons (Fsp3) is 0.176. The van der Waals surface area contributed by atoms with Gasteiger partial charge in [0.1, 0.15) is 23.6 Å². The fourth-order valence-electron chi connectivity index (χ4n) is 2.54. The molecule has 0 saturated heterocycles. The van der Waals surface area contributed by atoms with Crippen LogP contribution in [0.25, 0.3) is 10.9 Å². The smallest absolute Gasteiger partial charge is 0.278 e. The maximum absolute atomic E-state index is 13.4. The number of aromatic nitrogens is 2. The van der Waals surface area contributed by atoms with Crippen molar-refractivity contribution in [1.29, 1.82) is 5.26 Å². The molecule has 0 N–H and O–H groups in total. The first kappa shape index (κ1) is 17.5. The Kier molecular flexibility index (Phi) is 5.07. The van der Waals surface area contributed by atoms with Gasteiger partial charge in [-0.15, -0.1) is 0 Å². The molecule has 1 aromatic carbocycles. The highest BCUT2D eigenvalue weighted by Gasteiger charge is 2.19. The zero-order valence-corrected chi connectivity index (χ0v) is 14.2. The second-order valence-electron chi connectivity index (χ2n) is 5.16. The predicted octanol–water partition coefficient (Wildman–Crippen LogP) is 5.23. The van der Waals surface area contributed by atoms with Crippen molar-refractivity contribution < 1.29 is 13.5 Å². The molecule has 4 nitrogen and oxygen atoms in total. The third kappa shape index (κ3) is 3.53. The lowest BCUT2D eigenvalue weighted by Crippen LogP contribution is -2.11. The number of nitriles is 1.